The Balaban J connectivity index is 2.52. The summed E-state index contributed by atoms with van der Waals surface area (Å²) in [5.41, 5.74) is 6.60. The van der Waals surface area contributed by atoms with Crippen LogP contribution < -0.4 is 15.2 Å². The molecule has 0 saturated heterocycles. The number of hydrogen-bond acceptors (Lipinski definition) is 4. The zero-order valence-electron chi connectivity index (χ0n) is 10.3. The van der Waals surface area contributed by atoms with Gasteiger partial charge in [0.15, 0.2) is 0 Å². The normalized spacial score (nSPS) is 18.1. The molecule has 4 nitrogen and oxygen atoms in total. The summed E-state index contributed by atoms with van der Waals surface area (Å²) in [6.07, 6.45) is 3.93. The Bertz CT molecular complexity index is 411. The molecule has 0 amide bonds. The molecule has 1 fully saturated rings. The van der Waals surface area contributed by atoms with Crippen LogP contribution in [0.25, 0.3) is 0 Å². The van der Waals surface area contributed by atoms with Gasteiger partial charge in [-0.1, -0.05) is 12.8 Å². The molecule has 0 unspecified atom stereocenters. The van der Waals surface area contributed by atoms with Crippen LogP contribution >= 0.6 is 0 Å². The number of aromatic hydroxyl groups is 1. The molecule has 0 heterocycles. The third-order valence-electron chi connectivity index (χ3n) is 3.50. The van der Waals surface area contributed by atoms with Crippen molar-refractivity contribution >= 4 is 0 Å². The number of methoxy groups -OCH3 is 2. The lowest BCUT2D eigenvalue weighted by molar-refractivity contribution is 0.350. The second-order valence-electron chi connectivity index (χ2n) is 4.59. The lowest BCUT2D eigenvalue weighted by atomic mass is 9.87. The molecule has 0 aliphatic heterocycles. The molecule has 0 bridgehead atoms. The molecule has 1 aromatic carbocycles. The van der Waals surface area contributed by atoms with Crippen molar-refractivity contribution < 1.29 is 14.6 Å². The molecule has 0 spiro atoms. The predicted molar refractivity (Wildman–Crippen MR) is 65.5 cm³/mol. The van der Waals surface area contributed by atoms with Crippen molar-refractivity contribution in [2.75, 3.05) is 14.2 Å². The lowest BCUT2D eigenvalue weighted by Crippen LogP contribution is -2.33. The van der Waals surface area contributed by atoms with Crippen molar-refractivity contribution in [3.05, 3.63) is 17.7 Å². The molecular weight excluding hydrogens is 218 g/mol. The summed E-state index contributed by atoms with van der Waals surface area (Å²) in [5.74, 6) is 1.33. The van der Waals surface area contributed by atoms with E-state index in [1.807, 2.05) is 0 Å². The molecule has 17 heavy (non-hydrogen) atoms. The summed E-state index contributed by atoms with van der Waals surface area (Å²) < 4.78 is 10.4. The third kappa shape index (κ3) is 2.05. The van der Waals surface area contributed by atoms with Gasteiger partial charge in [-0.05, 0) is 12.8 Å². The number of rotatable bonds is 3. The Morgan fingerprint density at radius 2 is 1.82 bits per heavy atom. The molecule has 2 rings (SSSR count). The van der Waals surface area contributed by atoms with Gasteiger partial charge >= 0.3 is 0 Å². The topological polar surface area (TPSA) is 64.7 Å². The first-order valence-corrected chi connectivity index (χ1v) is 5.85. The van der Waals surface area contributed by atoms with E-state index in [2.05, 4.69) is 0 Å². The van der Waals surface area contributed by atoms with E-state index in [0.29, 0.717) is 17.1 Å². The Kier molecular flexibility index (Phi) is 3.15. The average Bonchev–Trinajstić information content (AvgIpc) is 2.75. The highest BCUT2D eigenvalue weighted by molar-refractivity contribution is 5.53. The van der Waals surface area contributed by atoms with E-state index >= 15 is 0 Å². The van der Waals surface area contributed by atoms with Crippen molar-refractivity contribution in [1.82, 2.24) is 0 Å². The molecular formula is C13H19NO3. The average molecular weight is 237 g/mol. The van der Waals surface area contributed by atoms with Crippen molar-refractivity contribution in [3.8, 4) is 17.2 Å². The van der Waals surface area contributed by atoms with E-state index in [9.17, 15) is 5.11 Å². The van der Waals surface area contributed by atoms with Gasteiger partial charge in [-0.2, -0.15) is 0 Å². The van der Waals surface area contributed by atoms with E-state index < -0.39 is 5.54 Å². The highest BCUT2D eigenvalue weighted by atomic mass is 16.5. The Labute approximate surface area is 101 Å². The van der Waals surface area contributed by atoms with E-state index in [-0.39, 0.29) is 5.75 Å². The smallest absolute Gasteiger partial charge is 0.131 e. The lowest BCUT2D eigenvalue weighted by Gasteiger charge is -2.27. The maximum absolute atomic E-state index is 10.1. The third-order valence-corrected chi connectivity index (χ3v) is 3.50. The largest absolute Gasteiger partial charge is 0.507 e. The van der Waals surface area contributed by atoms with E-state index in [1.165, 1.54) is 0 Å². The van der Waals surface area contributed by atoms with Crippen LogP contribution in [0.5, 0.6) is 17.2 Å². The molecule has 1 saturated carbocycles. The zero-order valence-corrected chi connectivity index (χ0v) is 10.3. The summed E-state index contributed by atoms with van der Waals surface area (Å²) in [7, 11) is 3.14. The Morgan fingerprint density at radius 3 is 2.35 bits per heavy atom. The van der Waals surface area contributed by atoms with Gasteiger partial charge in [0, 0.05) is 17.7 Å². The number of phenols is 1. The van der Waals surface area contributed by atoms with Gasteiger partial charge in [0.2, 0.25) is 0 Å². The Morgan fingerprint density at radius 1 is 1.18 bits per heavy atom. The summed E-state index contributed by atoms with van der Waals surface area (Å²) >= 11 is 0. The van der Waals surface area contributed by atoms with Gasteiger partial charge in [0.25, 0.3) is 0 Å². The summed E-state index contributed by atoms with van der Waals surface area (Å²) in [4.78, 5) is 0. The standard InChI is InChI=1S/C13H19NO3/c1-16-9-7-10(15)12(11(8-9)17-2)13(14)5-3-4-6-13/h7-8,15H,3-6,14H2,1-2H3. The van der Waals surface area contributed by atoms with Crippen LogP contribution in [0.15, 0.2) is 12.1 Å². The number of ether oxygens (including phenoxy) is 2. The maximum Gasteiger partial charge on any atom is 0.131 e. The van der Waals surface area contributed by atoms with Crippen LogP contribution in [-0.4, -0.2) is 19.3 Å². The molecule has 0 radical (unpaired) electrons. The quantitative estimate of drug-likeness (QED) is 0.845. The van der Waals surface area contributed by atoms with Crippen molar-refractivity contribution in [3.63, 3.8) is 0 Å². The molecule has 1 aromatic rings. The monoisotopic (exact) mass is 237 g/mol. The highest BCUT2D eigenvalue weighted by Crippen LogP contribution is 2.46. The summed E-state index contributed by atoms with van der Waals surface area (Å²) in [6, 6.07) is 3.35. The van der Waals surface area contributed by atoms with Crippen LogP contribution in [0.3, 0.4) is 0 Å². The highest BCUT2D eigenvalue weighted by Gasteiger charge is 2.36. The maximum atomic E-state index is 10.1. The van der Waals surface area contributed by atoms with Gasteiger partial charge in [0.05, 0.1) is 19.8 Å². The predicted octanol–water partition coefficient (Wildman–Crippen LogP) is 2.14. The van der Waals surface area contributed by atoms with Crippen LogP contribution in [0.4, 0.5) is 0 Å². The van der Waals surface area contributed by atoms with Crippen LogP contribution in [0.2, 0.25) is 0 Å². The van der Waals surface area contributed by atoms with Crippen molar-refractivity contribution in [1.29, 1.82) is 0 Å². The number of benzene rings is 1. The first kappa shape index (κ1) is 12.0. The van der Waals surface area contributed by atoms with Gasteiger partial charge in [-0.15, -0.1) is 0 Å². The molecule has 1 aliphatic rings. The number of hydrogen-bond donors (Lipinski definition) is 2. The first-order valence-electron chi connectivity index (χ1n) is 5.85. The van der Waals surface area contributed by atoms with Crippen LogP contribution in [-0.2, 0) is 5.54 Å². The zero-order chi connectivity index (χ0) is 12.5. The molecule has 0 aromatic heterocycles. The fourth-order valence-corrected chi connectivity index (χ4v) is 2.61. The minimum atomic E-state index is -0.471. The first-order chi connectivity index (χ1) is 8.10. The fraction of sp³-hybridized carbons (Fsp3) is 0.538. The molecule has 0 atom stereocenters. The van der Waals surface area contributed by atoms with Gasteiger partial charge < -0.3 is 20.3 Å². The molecule has 1 aliphatic carbocycles. The van der Waals surface area contributed by atoms with Gasteiger partial charge in [0.1, 0.15) is 17.2 Å². The molecule has 4 heteroatoms. The minimum absolute atomic E-state index is 0.158. The Hall–Kier alpha value is -1.42. The van der Waals surface area contributed by atoms with Crippen molar-refractivity contribution in [2.24, 2.45) is 5.73 Å². The van der Waals surface area contributed by atoms with Gasteiger partial charge in [-0.25, -0.2) is 0 Å². The second kappa shape index (κ2) is 4.45. The minimum Gasteiger partial charge on any atom is -0.507 e. The fourth-order valence-electron chi connectivity index (χ4n) is 2.61. The van der Waals surface area contributed by atoms with Gasteiger partial charge in [-0.3, -0.25) is 0 Å². The second-order valence-corrected chi connectivity index (χ2v) is 4.59. The molecule has 94 valence electrons. The molecule has 3 N–H and O–H groups in total. The van der Waals surface area contributed by atoms with E-state index in [4.69, 9.17) is 15.2 Å². The SMILES string of the molecule is COc1cc(O)c(C2(N)CCCC2)c(OC)c1. The van der Waals surface area contributed by atoms with E-state index in [1.54, 1.807) is 26.4 Å². The number of phenolic OH excluding ortho intramolecular Hbond substituents is 1. The van der Waals surface area contributed by atoms with Crippen molar-refractivity contribution in [2.45, 2.75) is 31.2 Å². The van der Waals surface area contributed by atoms with E-state index in [0.717, 1.165) is 25.7 Å². The summed E-state index contributed by atoms with van der Waals surface area (Å²) in [6.45, 7) is 0. The number of nitrogens with two attached hydrogens (primary N) is 1. The van der Waals surface area contributed by atoms with Crippen LogP contribution in [0.1, 0.15) is 31.2 Å². The van der Waals surface area contributed by atoms with Crippen LogP contribution in [0, 0.1) is 0 Å². The summed E-state index contributed by atoms with van der Waals surface area (Å²) in [5, 5.41) is 10.1.